The Labute approximate surface area is 91.0 Å². The van der Waals surface area contributed by atoms with Crippen LogP contribution in [0.1, 0.15) is 18.9 Å². The quantitative estimate of drug-likeness (QED) is 0.578. The summed E-state index contributed by atoms with van der Waals surface area (Å²) in [4.78, 5) is 0. The highest BCUT2D eigenvalue weighted by Crippen LogP contribution is 2.09. The second-order valence-corrected chi connectivity index (χ2v) is 3.75. The van der Waals surface area contributed by atoms with Crippen LogP contribution in [0.3, 0.4) is 0 Å². The fourth-order valence-electron chi connectivity index (χ4n) is 1.50. The lowest BCUT2D eigenvalue weighted by molar-refractivity contribution is 0.626. The Balaban J connectivity index is 2.50. The first-order valence-electron chi connectivity index (χ1n) is 5.27. The number of hydrogen-bond donors (Lipinski definition) is 1. The molecule has 0 heterocycles. The molecule has 2 heteroatoms. The summed E-state index contributed by atoms with van der Waals surface area (Å²) >= 11 is 0. The zero-order chi connectivity index (χ0) is 11.1. The fourth-order valence-corrected chi connectivity index (χ4v) is 1.50. The van der Waals surface area contributed by atoms with Crippen molar-refractivity contribution in [2.24, 2.45) is 0 Å². The molecule has 1 aromatic carbocycles. The van der Waals surface area contributed by atoms with Gasteiger partial charge in [-0.1, -0.05) is 23.8 Å². The molecule has 15 heavy (non-hydrogen) atoms. The van der Waals surface area contributed by atoms with Crippen LogP contribution < -0.4 is 5.32 Å². The predicted molar refractivity (Wildman–Crippen MR) is 62.4 cm³/mol. The molecule has 0 unspecified atom stereocenters. The number of halogens is 1. The molecule has 0 aliphatic carbocycles. The summed E-state index contributed by atoms with van der Waals surface area (Å²) in [5.41, 5.74) is 2.32. The number of hydrogen-bond acceptors (Lipinski definition) is 1. The minimum atomic E-state index is -0.157. The van der Waals surface area contributed by atoms with Gasteiger partial charge in [0.05, 0.1) is 0 Å². The van der Waals surface area contributed by atoms with Gasteiger partial charge < -0.3 is 5.32 Å². The van der Waals surface area contributed by atoms with Gasteiger partial charge in [0.1, 0.15) is 5.82 Å². The predicted octanol–water partition coefficient (Wildman–Crippen LogP) is 2.92. The molecule has 1 N–H and O–H groups in total. The van der Waals surface area contributed by atoms with Crippen LogP contribution in [0.15, 0.2) is 35.9 Å². The molecule has 0 aromatic heterocycles. The van der Waals surface area contributed by atoms with Crippen molar-refractivity contribution in [2.45, 2.75) is 19.8 Å². The SMILES string of the molecule is CNCCC=C(C)Cc1cccc(F)c1. The van der Waals surface area contributed by atoms with E-state index >= 15 is 0 Å². The van der Waals surface area contributed by atoms with E-state index in [1.165, 1.54) is 11.6 Å². The van der Waals surface area contributed by atoms with Gasteiger partial charge in [-0.15, -0.1) is 0 Å². The molecular weight excluding hydrogens is 189 g/mol. The molecule has 0 atom stereocenters. The maximum atomic E-state index is 12.9. The van der Waals surface area contributed by atoms with Crippen molar-refractivity contribution in [2.75, 3.05) is 13.6 Å². The van der Waals surface area contributed by atoms with Crippen molar-refractivity contribution in [3.05, 3.63) is 47.3 Å². The number of allylic oxidation sites excluding steroid dienone is 1. The van der Waals surface area contributed by atoms with Gasteiger partial charge in [-0.05, 0) is 51.1 Å². The molecule has 0 spiro atoms. The molecule has 0 fully saturated rings. The Bertz CT molecular complexity index is 331. The number of benzene rings is 1. The molecule has 1 rings (SSSR count). The van der Waals surface area contributed by atoms with E-state index in [4.69, 9.17) is 0 Å². The average molecular weight is 207 g/mol. The zero-order valence-electron chi connectivity index (χ0n) is 9.39. The summed E-state index contributed by atoms with van der Waals surface area (Å²) in [7, 11) is 1.94. The highest BCUT2D eigenvalue weighted by Gasteiger charge is 1.96. The standard InChI is InChI=1S/C13H18FN/c1-11(5-4-8-15-2)9-12-6-3-7-13(14)10-12/h3,5-7,10,15H,4,8-9H2,1-2H3. The Morgan fingerprint density at radius 3 is 2.93 bits per heavy atom. The van der Waals surface area contributed by atoms with E-state index in [1.807, 2.05) is 13.1 Å². The summed E-state index contributed by atoms with van der Waals surface area (Å²) in [5.74, 6) is -0.157. The molecule has 0 aliphatic heterocycles. The van der Waals surface area contributed by atoms with Crippen LogP contribution in [0.5, 0.6) is 0 Å². The van der Waals surface area contributed by atoms with E-state index in [2.05, 4.69) is 18.3 Å². The third-order valence-electron chi connectivity index (χ3n) is 2.26. The van der Waals surface area contributed by atoms with Crippen LogP contribution in [0.2, 0.25) is 0 Å². The van der Waals surface area contributed by atoms with E-state index in [1.54, 1.807) is 12.1 Å². The van der Waals surface area contributed by atoms with Crippen LogP contribution >= 0.6 is 0 Å². The van der Waals surface area contributed by atoms with Crippen molar-refractivity contribution in [1.82, 2.24) is 5.32 Å². The molecule has 0 amide bonds. The van der Waals surface area contributed by atoms with E-state index in [0.717, 1.165) is 24.9 Å². The van der Waals surface area contributed by atoms with Crippen LogP contribution in [0.4, 0.5) is 4.39 Å². The highest BCUT2D eigenvalue weighted by atomic mass is 19.1. The smallest absolute Gasteiger partial charge is 0.123 e. The van der Waals surface area contributed by atoms with Gasteiger partial charge in [0.2, 0.25) is 0 Å². The lowest BCUT2D eigenvalue weighted by Crippen LogP contribution is -2.06. The Morgan fingerprint density at radius 1 is 1.47 bits per heavy atom. The van der Waals surface area contributed by atoms with Gasteiger partial charge in [-0.2, -0.15) is 0 Å². The molecule has 1 nitrogen and oxygen atoms in total. The Hall–Kier alpha value is -1.15. The van der Waals surface area contributed by atoms with E-state index in [0.29, 0.717) is 0 Å². The summed E-state index contributed by atoms with van der Waals surface area (Å²) in [6.45, 7) is 3.07. The molecule has 0 saturated heterocycles. The van der Waals surface area contributed by atoms with Crippen molar-refractivity contribution in [1.29, 1.82) is 0 Å². The van der Waals surface area contributed by atoms with Crippen molar-refractivity contribution < 1.29 is 4.39 Å². The molecule has 0 saturated carbocycles. The number of nitrogens with one attached hydrogen (secondary N) is 1. The lowest BCUT2D eigenvalue weighted by atomic mass is 10.1. The first-order valence-corrected chi connectivity index (χ1v) is 5.27. The topological polar surface area (TPSA) is 12.0 Å². The van der Waals surface area contributed by atoms with Gasteiger partial charge >= 0.3 is 0 Å². The number of rotatable bonds is 5. The Morgan fingerprint density at radius 2 is 2.27 bits per heavy atom. The maximum absolute atomic E-state index is 12.9. The van der Waals surface area contributed by atoms with Gasteiger partial charge in [0.15, 0.2) is 0 Å². The minimum absolute atomic E-state index is 0.157. The highest BCUT2D eigenvalue weighted by molar-refractivity contribution is 5.21. The third kappa shape index (κ3) is 4.75. The van der Waals surface area contributed by atoms with Crippen LogP contribution in [-0.4, -0.2) is 13.6 Å². The summed E-state index contributed by atoms with van der Waals surface area (Å²) < 4.78 is 12.9. The van der Waals surface area contributed by atoms with Crippen molar-refractivity contribution in [3.8, 4) is 0 Å². The summed E-state index contributed by atoms with van der Waals surface area (Å²) in [5, 5.41) is 3.09. The van der Waals surface area contributed by atoms with Crippen molar-refractivity contribution in [3.63, 3.8) is 0 Å². The zero-order valence-corrected chi connectivity index (χ0v) is 9.39. The van der Waals surface area contributed by atoms with Crippen LogP contribution in [0, 0.1) is 5.82 Å². The average Bonchev–Trinajstić information content (AvgIpc) is 2.18. The first-order chi connectivity index (χ1) is 7.22. The van der Waals surface area contributed by atoms with Gasteiger partial charge in [-0.25, -0.2) is 4.39 Å². The summed E-state index contributed by atoms with van der Waals surface area (Å²) in [6, 6.07) is 6.78. The molecule has 82 valence electrons. The van der Waals surface area contributed by atoms with Gasteiger partial charge in [0.25, 0.3) is 0 Å². The minimum Gasteiger partial charge on any atom is -0.319 e. The van der Waals surface area contributed by atoms with Gasteiger partial charge in [-0.3, -0.25) is 0 Å². The molecule has 0 aliphatic rings. The largest absolute Gasteiger partial charge is 0.319 e. The second kappa shape index (κ2) is 6.36. The van der Waals surface area contributed by atoms with Crippen LogP contribution in [-0.2, 0) is 6.42 Å². The van der Waals surface area contributed by atoms with E-state index in [-0.39, 0.29) is 5.82 Å². The molecule has 0 radical (unpaired) electrons. The van der Waals surface area contributed by atoms with Crippen molar-refractivity contribution >= 4 is 0 Å². The van der Waals surface area contributed by atoms with Gasteiger partial charge in [0, 0.05) is 0 Å². The maximum Gasteiger partial charge on any atom is 0.123 e. The van der Waals surface area contributed by atoms with E-state index in [9.17, 15) is 4.39 Å². The van der Waals surface area contributed by atoms with Crippen LogP contribution in [0.25, 0.3) is 0 Å². The second-order valence-electron chi connectivity index (χ2n) is 3.75. The molecule has 1 aromatic rings. The molecular formula is C13H18FN. The fraction of sp³-hybridized carbons (Fsp3) is 0.385. The van der Waals surface area contributed by atoms with E-state index < -0.39 is 0 Å². The lowest BCUT2D eigenvalue weighted by Gasteiger charge is -2.02. The molecule has 0 bridgehead atoms. The summed E-state index contributed by atoms with van der Waals surface area (Å²) in [6.07, 6.45) is 4.06. The monoisotopic (exact) mass is 207 g/mol. The Kier molecular flexibility index (Phi) is 5.05. The third-order valence-corrected chi connectivity index (χ3v) is 2.26. The normalized spacial score (nSPS) is 11.8. The first kappa shape index (κ1) is 11.9.